The normalized spacial score (nSPS) is 11.5. The van der Waals surface area contributed by atoms with Gasteiger partial charge in [-0.3, -0.25) is 0 Å². The van der Waals surface area contributed by atoms with Gasteiger partial charge >= 0.3 is 0 Å². The van der Waals surface area contributed by atoms with Crippen molar-refractivity contribution in [2.24, 2.45) is 0 Å². The average Bonchev–Trinajstić information content (AvgIpc) is 3.23. The molecule has 0 aliphatic carbocycles. The lowest BCUT2D eigenvalue weighted by atomic mass is 10.2. The molecule has 0 saturated heterocycles. The number of benzene rings is 1. The van der Waals surface area contributed by atoms with Crippen LogP contribution in [0.5, 0.6) is 11.5 Å². The molecule has 6 nitrogen and oxygen atoms in total. The van der Waals surface area contributed by atoms with Crippen molar-refractivity contribution in [2.45, 2.75) is 25.4 Å². The van der Waals surface area contributed by atoms with E-state index in [4.69, 9.17) is 9.47 Å². The summed E-state index contributed by atoms with van der Waals surface area (Å²) >= 11 is 2.86. The lowest BCUT2D eigenvalue weighted by Gasteiger charge is -2.09. The molecule has 27 heavy (non-hydrogen) atoms. The second-order valence-electron chi connectivity index (χ2n) is 5.83. The molecule has 0 aliphatic rings. The van der Waals surface area contributed by atoms with Gasteiger partial charge in [-0.05, 0) is 32.0 Å². The van der Waals surface area contributed by atoms with Crippen LogP contribution >= 0.6 is 22.7 Å². The van der Waals surface area contributed by atoms with E-state index in [1.807, 2.05) is 32.0 Å². The van der Waals surface area contributed by atoms with Crippen LogP contribution in [0.3, 0.4) is 0 Å². The quantitative estimate of drug-likeness (QED) is 0.542. The van der Waals surface area contributed by atoms with Gasteiger partial charge < -0.3 is 9.47 Å². The molecule has 3 rings (SSSR count). The number of hydrogen-bond donors (Lipinski definition) is 0. The Hall–Kier alpha value is -1.97. The van der Waals surface area contributed by atoms with Crippen LogP contribution in [0.2, 0.25) is 0 Å². The van der Waals surface area contributed by atoms with Crippen LogP contribution in [0, 0.1) is 6.92 Å². The van der Waals surface area contributed by atoms with E-state index in [2.05, 4.69) is 9.97 Å². The minimum atomic E-state index is -3.33. The van der Waals surface area contributed by atoms with Crippen LogP contribution in [-0.2, 0) is 21.3 Å². The van der Waals surface area contributed by atoms with Crippen LogP contribution in [0.1, 0.15) is 23.3 Å². The van der Waals surface area contributed by atoms with E-state index >= 15 is 0 Å². The Morgan fingerprint density at radius 1 is 1.04 bits per heavy atom. The third kappa shape index (κ3) is 5.06. The van der Waals surface area contributed by atoms with Gasteiger partial charge in [-0.2, -0.15) is 0 Å². The second kappa shape index (κ2) is 8.37. The minimum absolute atomic E-state index is 0.0684. The zero-order valence-electron chi connectivity index (χ0n) is 15.3. The van der Waals surface area contributed by atoms with Crippen molar-refractivity contribution in [2.75, 3.05) is 13.7 Å². The third-order valence-corrected chi connectivity index (χ3v) is 6.90. The summed E-state index contributed by atoms with van der Waals surface area (Å²) in [6, 6.07) is 5.57. The zero-order valence-corrected chi connectivity index (χ0v) is 17.7. The number of nitrogens with zero attached hydrogens (tertiary/aromatic N) is 2. The highest BCUT2D eigenvalue weighted by Crippen LogP contribution is 2.34. The van der Waals surface area contributed by atoms with Gasteiger partial charge in [-0.15, -0.1) is 22.7 Å². The largest absolute Gasteiger partial charge is 0.493 e. The summed E-state index contributed by atoms with van der Waals surface area (Å²) in [5, 5.41) is 5.17. The van der Waals surface area contributed by atoms with Crippen LogP contribution in [0.25, 0.3) is 10.6 Å². The Labute approximate surface area is 166 Å². The molecule has 2 aromatic heterocycles. The highest BCUT2D eigenvalue weighted by Gasteiger charge is 2.18. The Morgan fingerprint density at radius 3 is 2.37 bits per heavy atom. The fraction of sp³-hybridized carbons (Fsp3) is 0.333. The first kappa shape index (κ1) is 19.8. The van der Waals surface area contributed by atoms with Gasteiger partial charge in [0.2, 0.25) is 0 Å². The van der Waals surface area contributed by atoms with Gasteiger partial charge in [0.15, 0.2) is 21.3 Å². The van der Waals surface area contributed by atoms with Crippen LogP contribution in [0.4, 0.5) is 0 Å². The Morgan fingerprint density at radius 2 is 1.74 bits per heavy atom. The molecule has 1 aromatic carbocycles. The van der Waals surface area contributed by atoms with Crippen LogP contribution < -0.4 is 9.47 Å². The number of sulfone groups is 1. The molecular formula is C18H20N2O4S3. The Balaban J connectivity index is 1.76. The molecule has 9 heteroatoms. The molecule has 3 aromatic rings. The monoisotopic (exact) mass is 424 g/mol. The lowest BCUT2D eigenvalue weighted by Crippen LogP contribution is -2.08. The maximum absolute atomic E-state index is 12.4. The lowest BCUT2D eigenvalue weighted by molar-refractivity contribution is 0.311. The van der Waals surface area contributed by atoms with Crippen LogP contribution in [0.15, 0.2) is 29.0 Å². The summed E-state index contributed by atoms with van der Waals surface area (Å²) in [5.41, 5.74) is 1.98. The highest BCUT2D eigenvalue weighted by molar-refractivity contribution is 7.89. The molecule has 0 amide bonds. The van der Waals surface area contributed by atoms with Crippen molar-refractivity contribution in [3.8, 4) is 22.1 Å². The number of thiazole rings is 2. The van der Waals surface area contributed by atoms with Crippen LogP contribution in [-0.4, -0.2) is 32.1 Å². The molecule has 0 N–H and O–H groups in total. The maximum atomic E-state index is 12.4. The van der Waals surface area contributed by atoms with Gasteiger partial charge in [-0.1, -0.05) is 0 Å². The van der Waals surface area contributed by atoms with E-state index < -0.39 is 9.84 Å². The summed E-state index contributed by atoms with van der Waals surface area (Å²) in [4.78, 5) is 8.72. The molecule has 0 spiro atoms. The fourth-order valence-electron chi connectivity index (χ4n) is 2.56. The highest BCUT2D eigenvalue weighted by atomic mass is 32.2. The SMILES string of the molecule is CCOc1ccc(-c2nc(CS(=O)(=O)Cc3csc(C)n3)cs2)cc1OC. The first-order valence-electron chi connectivity index (χ1n) is 8.27. The van der Waals surface area contributed by atoms with Gasteiger partial charge in [0.05, 0.1) is 41.6 Å². The maximum Gasteiger partial charge on any atom is 0.161 e. The smallest absolute Gasteiger partial charge is 0.161 e. The molecular weight excluding hydrogens is 404 g/mol. The standard InChI is InChI=1S/C18H20N2O4S3/c1-4-24-16-6-5-13(7-17(16)23-3)18-20-15(9-26-18)11-27(21,22)10-14-8-25-12(2)19-14/h5-9H,4,10-11H2,1-3H3. The predicted octanol–water partition coefficient (Wildman–Crippen LogP) is 4.10. The molecule has 0 saturated carbocycles. The summed E-state index contributed by atoms with van der Waals surface area (Å²) in [7, 11) is -1.74. The topological polar surface area (TPSA) is 78.4 Å². The van der Waals surface area contributed by atoms with E-state index in [0.717, 1.165) is 15.6 Å². The summed E-state index contributed by atoms with van der Waals surface area (Å²) < 4.78 is 35.8. The average molecular weight is 425 g/mol. The molecule has 0 unspecified atom stereocenters. The Bertz CT molecular complexity index is 1020. The molecule has 0 radical (unpaired) electrons. The summed E-state index contributed by atoms with van der Waals surface area (Å²) in [6.45, 7) is 4.32. The number of hydrogen-bond acceptors (Lipinski definition) is 8. The van der Waals surface area contributed by atoms with E-state index in [1.165, 1.54) is 22.7 Å². The van der Waals surface area contributed by atoms with Gasteiger partial charge in [0.25, 0.3) is 0 Å². The number of methoxy groups -OCH3 is 1. The summed E-state index contributed by atoms with van der Waals surface area (Å²) in [6.07, 6.45) is 0. The molecule has 144 valence electrons. The van der Waals surface area contributed by atoms with Crippen molar-refractivity contribution < 1.29 is 17.9 Å². The Kier molecular flexibility index (Phi) is 6.13. The third-order valence-electron chi connectivity index (χ3n) is 3.66. The molecule has 0 aliphatic heterocycles. The van der Waals surface area contributed by atoms with Crippen molar-refractivity contribution >= 4 is 32.5 Å². The van der Waals surface area contributed by atoms with Crippen molar-refractivity contribution in [1.82, 2.24) is 9.97 Å². The predicted molar refractivity (Wildman–Crippen MR) is 108 cm³/mol. The van der Waals surface area contributed by atoms with E-state index in [0.29, 0.717) is 29.5 Å². The molecule has 2 heterocycles. The van der Waals surface area contributed by atoms with Gasteiger partial charge in [-0.25, -0.2) is 18.4 Å². The summed E-state index contributed by atoms with van der Waals surface area (Å²) in [5.74, 6) is 1.12. The second-order valence-corrected chi connectivity index (χ2v) is 9.82. The number of rotatable bonds is 8. The first-order chi connectivity index (χ1) is 12.9. The number of aryl methyl sites for hydroxylation is 1. The molecule has 0 bridgehead atoms. The van der Waals surface area contributed by atoms with Gasteiger partial charge in [0, 0.05) is 16.3 Å². The van der Waals surface area contributed by atoms with E-state index in [9.17, 15) is 8.42 Å². The van der Waals surface area contributed by atoms with Crippen molar-refractivity contribution in [3.63, 3.8) is 0 Å². The zero-order chi connectivity index (χ0) is 19.4. The number of aromatic nitrogens is 2. The van der Waals surface area contributed by atoms with E-state index in [-0.39, 0.29) is 11.5 Å². The number of ether oxygens (including phenoxy) is 2. The minimum Gasteiger partial charge on any atom is -0.493 e. The van der Waals surface area contributed by atoms with E-state index in [1.54, 1.807) is 17.9 Å². The van der Waals surface area contributed by atoms with Crippen molar-refractivity contribution in [3.05, 3.63) is 45.4 Å². The molecule has 0 fully saturated rings. The first-order valence-corrected chi connectivity index (χ1v) is 11.9. The van der Waals surface area contributed by atoms with Gasteiger partial charge in [0.1, 0.15) is 5.01 Å². The van der Waals surface area contributed by atoms with Crippen molar-refractivity contribution in [1.29, 1.82) is 0 Å². The molecule has 0 atom stereocenters. The fourth-order valence-corrected chi connectivity index (χ4v) is 5.50.